The molecule has 0 N–H and O–H groups in total. The molecule has 0 aromatic carbocycles. The van der Waals surface area contributed by atoms with Crippen LogP contribution in [0.5, 0.6) is 0 Å². The summed E-state index contributed by atoms with van der Waals surface area (Å²) in [5, 5.41) is 0. The van der Waals surface area contributed by atoms with Crippen LogP contribution in [0.15, 0.2) is 109 Å². The SMILES string of the molecule is CC/C=C\C/C=C\C/C=C\C/C=C\C/C=C\C/C=C\CCC(=O)OC(COC(=O)CCCCCCCCCC/C=C\C/C=C\C/C=C\CCCCCCC)COC(=O)CCCCCCCCCCCCCCC. The van der Waals surface area contributed by atoms with Gasteiger partial charge < -0.3 is 14.2 Å². The Morgan fingerprint density at radius 2 is 0.562 bits per heavy atom. The molecule has 73 heavy (non-hydrogen) atoms. The molecule has 0 heterocycles. The normalized spacial score (nSPS) is 12.9. The van der Waals surface area contributed by atoms with Crippen molar-refractivity contribution >= 4 is 17.9 Å². The van der Waals surface area contributed by atoms with Gasteiger partial charge in [0.25, 0.3) is 0 Å². The van der Waals surface area contributed by atoms with E-state index in [0.29, 0.717) is 19.3 Å². The maximum absolute atomic E-state index is 12.8. The second-order valence-corrected chi connectivity index (χ2v) is 19.9. The number of carbonyl (C=O) groups excluding carboxylic acids is 3. The van der Waals surface area contributed by atoms with E-state index in [9.17, 15) is 14.4 Å². The molecule has 1 unspecified atom stereocenters. The van der Waals surface area contributed by atoms with Gasteiger partial charge in [-0.1, -0.05) is 271 Å². The Balaban J connectivity index is 4.46. The molecule has 6 nitrogen and oxygen atoms in total. The molecule has 0 aliphatic carbocycles. The largest absolute Gasteiger partial charge is 0.462 e. The van der Waals surface area contributed by atoms with Crippen LogP contribution in [0.2, 0.25) is 0 Å². The fourth-order valence-corrected chi connectivity index (χ4v) is 8.24. The molecule has 6 heteroatoms. The van der Waals surface area contributed by atoms with Crippen LogP contribution in [0, 0.1) is 0 Å². The number of allylic oxidation sites excluding steroid dienone is 18. The fourth-order valence-electron chi connectivity index (χ4n) is 8.24. The average Bonchev–Trinajstić information content (AvgIpc) is 3.39. The van der Waals surface area contributed by atoms with Crippen molar-refractivity contribution in [3.8, 4) is 0 Å². The van der Waals surface area contributed by atoms with E-state index < -0.39 is 12.1 Å². The molecule has 0 radical (unpaired) electrons. The predicted molar refractivity (Wildman–Crippen MR) is 316 cm³/mol. The Morgan fingerprint density at radius 3 is 0.890 bits per heavy atom. The Bertz CT molecular complexity index is 1490. The minimum absolute atomic E-state index is 0.110. The van der Waals surface area contributed by atoms with Crippen molar-refractivity contribution in [1.29, 1.82) is 0 Å². The second kappa shape index (κ2) is 60.6. The highest BCUT2D eigenvalue weighted by molar-refractivity contribution is 5.71. The zero-order valence-corrected chi connectivity index (χ0v) is 47.6. The highest BCUT2D eigenvalue weighted by atomic mass is 16.6. The number of esters is 3. The van der Waals surface area contributed by atoms with Gasteiger partial charge in [0.15, 0.2) is 6.10 Å². The molecule has 0 rings (SSSR count). The third-order valence-corrected chi connectivity index (χ3v) is 12.8. The molecule has 0 aromatic heterocycles. The summed E-state index contributed by atoms with van der Waals surface area (Å²) in [4.78, 5) is 38.2. The van der Waals surface area contributed by atoms with Crippen LogP contribution >= 0.6 is 0 Å². The van der Waals surface area contributed by atoms with E-state index in [-0.39, 0.29) is 31.6 Å². The fraction of sp³-hybridized carbons (Fsp3) is 0.687. The van der Waals surface area contributed by atoms with Crippen molar-refractivity contribution in [2.75, 3.05) is 13.2 Å². The van der Waals surface area contributed by atoms with Gasteiger partial charge in [-0.3, -0.25) is 14.4 Å². The average molecular weight is 1010 g/mol. The van der Waals surface area contributed by atoms with Gasteiger partial charge in [-0.05, 0) is 96.3 Å². The number of unbranched alkanes of at least 4 members (excludes halogenated alkanes) is 25. The van der Waals surface area contributed by atoms with Gasteiger partial charge in [-0.15, -0.1) is 0 Å². The highest BCUT2D eigenvalue weighted by Crippen LogP contribution is 2.15. The Morgan fingerprint density at radius 1 is 0.288 bits per heavy atom. The number of hydrogen-bond donors (Lipinski definition) is 0. The molecule has 0 bridgehead atoms. The minimum atomic E-state index is -0.823. The first-order valence-corrected chi connectivity index (χ1v) is 30.4. The summed E-state index contributed by atoms with van der Waals surface area (Å²) in [5.41, 5.74) is 0. The lowest BCUT2D eigenvalue weighted by Gasteiger charge is -2.18. The summed E-state index contributed by atoms with van der Waals surface area (Å²) in [7, 11) is 0. The predicted octanol–water partition coefficient (Wildman–Crippen LogP) is 20.7. The van der Waals surface area contributed by atoms with Crippen LogP contribution in [0.4, 0.5) is 0 Å². The molecular weight excluding hydrogens is 901 g/mol. The summed E-state index contributed by atoms with van der Waals surface area (Å²) >= 11 is 0. The zero-order valence-electron chi connectivity index (χ0n) is 47.6. The van der Waals surface area contributed by atoms with Crippen LogP contribution in [-0.2, 0) is 28.6 Å². The smallest absolute Gasteiger partial charge is 0.306 e. The van der Waals surface area contributed by atoms with Crippen molar-refractivity contribution in [2.24, 2.45) is 0 Å². The van der Waals surface area contributed by atoms with E-state index in [1.165, 1.54) is 135 Å². The number of carbonyl (C=O) groups is 3. The van der Waals surface area contributed by atoms with Crippen molar-refractivity contribution in [2.45, 2.75) is 284 Å². The van der Waals surface area contributed by atoms with E-state index >= 15 is 0 Å². The quantitative estimate of drug-likeness (QED) is 0.0261. The molecule has 0 spiro atoms. The topological polar surface area (TPSA) is 78.9 Å². The van der Waals surface area contributed by atoms with E-state index in [1.807, 2.05) is 6.08 Å². The molecule has 0 fully saturated rings. The van der Waals surface area contributed by atoms with Gasteiger partial charge >= 0.3 is 17.9 Å². The number of ether oxygens (including phenoxy) is 3. The summed E-state index contributed by atoms with van der Waals surface area (Å²) in [5.74, 6) is -0.998. The molecule has 0 aliphatic rings. The lowest BCUT2D eigenvalue weighted by molar-refractivity contribution is -0.166. The number of rotatable bonds is 54. The van der Waals surface area contributed by atoms with Crippen molar-refractivity contribution in [1.82, 2.24) is 0 Å². The molecular formula is C67H112O6. The van der Waals surface area contributed by atoms with Gasteiger partial charge in [0.2, 0.25) is 0 Å². The van der Waals surface area contributed by atoms with Crippen LogP contribution in [0.1, 0.15) is 278 Å². The van der Waals surface area contributed by atoms with Gasteiger partial charge in [0.05, 0.1) is 0 Å². The Hall–Kier alpha value is -3.93. The summed E-state index contributed by atoms with van der Waals surface area (Å²) < 4.78 is 16.8. The van der Waals surface area contributed by atoms with Gasteiger partial charge in [-0.25, -0.2) is 0 Å². The minimum Gasteiger partial charge on any atom is -0.462 e. The van der Waals surface area contributed by atoms with Crippen molar-refractivity contribution in [3.63, 3.8) is 0 Å². The maximum Gasteiger partial charge on any atom is 0.306 e. The summed E-state index contributed by atoms with van der Waals surface area (Å²) in [6.45, 7) is 6.46. The van der Waals surface area contributed by atoms with E-state index in [4.69, 9.17) is 14.2 Å². The second-order valence-electron chi connectivity index (χ2n) is 19.9. The van der Waals surface area contributed by atoms with E-state index in [2.05, 4.69) is 124 Å². The molecule has 0 saturated heterocycles. The molecule has 416 valence electrons. The third-order valence-electron chi connectivity index (χ3n) is 12.8. The van der Waals surface area contributed by atoms with Crippen LogP contribution in [-0.4, -0.2) is 37.2 Å². The summed E-state index contributed by atoms with van der Waals surface area (Å²) in [6.07, 6.45) is 82.4. The Labute approximate surface area is 450 Å². The van der Waals surface area contributed by atoms with Gasteiger partial charge in [0, 0.05) is 19.3 Å². The molecule has 0 amide bonds. The highest BCUT2D eigenvalue weighted by Gasteiger charge is 2.19. The first-order chi connectivity index (χ1) is 36.0. The van der Waals surface area contributed by atoms with Gasteiger partial charge in [0.1, 0.15) is 13.2 Å². The Kier molecular flexibility index (Phi) is 57.4. The van der Waals surface area contributed by atoms with Crippen LogP contribution in [0.3, 0.4) is 0 Å². The standard InChI is InChI=1S/C67H112O6/c1-4-7-10-13-16-19-22-25-27-29-31-32-33-34-36-37-39-42-45-48-51-54-57-60-66(69)72-63-64(62-71-65(68)59-56-53-50-47-44-41-24-21-18-15-12-9-6-3)73-67(70)61-58-55-52-49-46-43-40-38-35-30-28-26-23-20-17-14-11-8-5-2/h8,11,17,20,22,25-26,28-29,31,33-35,38,43,46,52,55,64H,4-7,9-10,12-16,18-19,21,23-24,27,30,32,36-37,39-42,44-45,47-51,53-54,56-63H2,1-3H3/b11-8-,20-17-,25-22-,28-26-,31-29-,34-33-,38-35-,46-43-,55-52-. The lowest BCUT2D eigenvalue weighted by Crippen LogP contribution is -2.30. The molecule has 0 aromatic rings. The van der Waals surface area contributed by atoms with Crippen molar-refractivity contribution in [3.05, 3.63) is 109 Å². The number of hydrogen-bond acceptors (Lipinski definition) is 6. The third kappa shape index (κ3) is 58.8. The zero-order chi connectivity index (χ0) is 52.9. The molecule has 0 saturated carbocycles. The van der Waals surface area contributed by atoms with E-state index in [1.54, 1.807) is 0 Å². The van der Waals surface area contributed by atoms with Crippen molar-refractivity contribution < 1.29 is 28.6 Å². The molecule has 0 aliphatic heterocycles. The van der Waals surface area contributed by atoms with Crippen LogP contribution in [0.25, 0.3) is 0 Å². The van der Waals surface area contributed by atoms with Gasteiger partial charge in [-0.2, -0.15) is 0 Å². The molecule has 1 atom stereocenters. The van der Waals surface area contributed by atoms with E-state index in [0.717, 1.165) is 96.3 Å². The maximum atomic E-state index is 12.8. The first-order valence-electron chi connectivity index (χ1n) is 30.4. The first kappa shape index (κ1) is 69.1. The summed E-state index contributed by atoms with van der Waals surface area (Å²) in [6, 6.07) is 0. The monoisotopic (exact) mass is 1010 g/mol. The lowest BCUT2D eigenvalue weighted by atomic mass is 10.0. The van der Waals surface area contributed by atoms with Crippen LogP contribution < -0.4 is 0 Å².